The van der Waals surface area contributed by atoms with E-state index in [4.69, 9.17) is 9.47 Å². The van der Waals surface area contributed by atoms with Crippen LogP contribution in [-0.2, 0) is 23.9 Å². The van der Waals surface area contributed by atoms with Crippen molar-refractivity contribution in [2.24, 2.45) is 0 Å². The van der Waals surface area contributed by atoms with Crippen LogP contribution >= 0.6 is 0 Å². The Labute approximate surface area is 298 Å². The molecule has 1 aromatic rings. The molecule has 1 aliphatic heterocycles. The van der Waals surface area contributed by atoms with Crippen molar-refractivity contribution in [2.75, 3.05) is 137 Å². The lowest BCUT2D eigenvalue weighted by Crippen LogP contribution is -2.50. The molecular formula is C33H55N7O11. The molecule has 0 aromatic heterocycles. The number of benzene rings is 1. The molecular weight excluding hydrogens is 670 g/mol. The molecule has 51 heavy (non-hydrogen) atoms. The predicted octanol–water partition coefficient (Wildman–Crippen LogP) is -0.874. The first-order valence-corrected chi connectivity index (χ1v) is 17.2. The number of aromatic carboxylic acids is 1. The highest BCUT2D eigenvalue weighted by Crippen LogP contribution is 2.21. The van der Waals surface area contributed by atoms with E-state index in [1.165, 1.54) is 12.1 Å². The molecule has 0 bridgehead atoms. The average molecular weight is 726 g/mol. The van der Waals surface area contributed by atoms with Crippen molar-refractivity contribution in [2.45, 2.75) is 13.3 Å². The summed E-state index contributed by atoms with van der Waals surface area (Å²) in [5.74, 6) is -3.94. The minimum atomic E-state index is -1.06. The largest absolute Gasteiger partial charge is 0.493 e. The van der Waals surface area contributed by atoms with Crippen molar-refractivity contribution in [1.29, 1.82) is 0 Å². The van der Waals surface area contributed by atoms with Crippen molar-refractivity contribution < 1.29 is 53.9 Å². The van der Waals surface area contributed by atoms with Crippen LogP contribution in [0.5, 0.6) is 5.75 Å². The fourth-order valence-electron chi connectivity index (χ4n) is 5.27. The molecule has 1 aliphatic rings. The van der Waals surface area contributed by atoms with E-state index in [2.05, 4.69) is 22.5 Å². The Kier molecular flexibility index (Phi) is 20.4. The van der Waals surface area contributed by atoms with Crippen LogP contribution in [-0.4, -0.2) is 206 Å². The summed E-state index contributed by atoms with van der Waals surface area (Å²) in [6, 6.07) is 4.75. The predicted molar refractivity (Wildman–Crippen MR) is 188 cm³/mol. The first-order chi connectivity index (χ1) is 24.3. The smallest absolute Gasteiger partial charge is 0.335 e. The molecule has 1 heterocycles. The van der Waals surface area contributed by atoms with Crippen molar-refractivity contribution in [3.05, 3.63) is 23.8 Å². The van der Waals surface area contributed by atoms with Gasteiger partial charge in [-0.15, -0.1) is 0 Å². The molecule has 6 N–H and O–H groups in total. The molecule has 0 atom stereocenters. The van der Waals surface area contributed by atoms with Crippen LogP contribution in [0.1, 0.15) is 23.7 Å². The van der Waals surface area contributed by atoms with Gasteiger partial charge in [-0.3, -0.25) is 38.8 Å². The van der Waals surface area contributed by atoms with Gasteiger partial charge in [-0.1, -0.05) is 6.92 Å². The minimum Gasteiger partial charge on any atom is -0.493 e. The second kappa shape index (κ2) is 24.2. The Balaban J connectivity index is 1.84. The molecule has 1 saturated heterocycles. The molecule has 0 aliphatic carbocycles. The van der Waals surface area contributed by atoms with E-state index in [1.54, 1.807) is 20.8 Å². The number of carboxylic acids is 4. The molecule has 1 amide bonds. The highest BCUT2D eigenvalue weighted by atomic mass is 16.5. The molecule has 18 heteroatoms. The topological polar surface area (TPSA) is 225 Å². The number of nitrogens with one attached hydrogen (secondary N) is 2. The summed E-state index contributed by atoms with van der Waals surface area (Å²) in [5.41, 5.74) is 0.688. The number of ether oxygens (including phenoxy) is 2. The minimum absolute atomic E-state index is 0.00808. The first kappa shape index (κ1) is 43.1. The van der Waals surface area contributed by atoms with Gasteiger partial charge in [0.05, 0.1) is 51.6 Å². The molecule has 18 nitrogen and oxygen atoms in total. The van der Waals surface area contributed by atoms with Gasteiger partial charge in [0.25, 0.3) is 0 Å². The lowest BCUT2D eigenvalue weighted by molar-refractivity contribution is -0.140. The molecule has 288 valence electrons. The Morgan fingerprint density at radius 2 is 1.20 bits per heavy atom. The summed E-state index contributed by atoms with van der Waals surface area (Å²) in [5, 5.41) is 43.5. The maximum atomic E-state index is 12.8. The van der Waals surface area contributed by atoms with Crippen LogP contribution in [0.15, 0.2) is 18.2 Å². The Morgan fingerprint density at radius 3 is 1.67 bits per heavy atom. The Bertz CT molecular complexity index is 1220. The highest BCUT2D eigenvalue weighted by Gasteiger charge is 2.21. The summed E-state index contributed by atoms with van der Waals surface area (Å²) >= 11 is 0. The standard InChI is InChI=1S/C33H55N7O11/c1-3-36(2)7-4-16-51-28-20-26(33(48)49)19-27(21-28)34-5-17-50-18-6-35-29(41)22-37-8-10-38(23-30(42)43)12-14-40(25-32(46)47)15-13-39(11-9-37)24-31(44)45/h19-21,34H,3-18,22-25H2,1-2H3,(H,35,41)(H,42,43)(H,44,45)(H,46,47)(H,48,49). The van der Waals surface area contributed by atoms with Crippen LogP contribution in [0.4, 0.5) is 5.69 Å². The number of anilines is 1. The quantitative estimate of drug-likeness (QED) is 0.0799. The molecule has 0 unspecified atom stereocenters. The van der Waals surface area contributed by atoms with E-state index in [1.807, 2.05) is 11.9 Å². The molecule has 1 fully saturated rings. The van der Waals surface area contributed by atoms with Gasteiger partial charge in [-0.25, -0.2) is 4.79 Å². The number of amides is 1. The monoisotopic (exact) mass is 725 g/mol. The van der Waals surface area contributed by atoms with Gasteiger partial charge in [0.2, 0.25) is 5.91 Å². The SMILES string of the molecule is CCN(C)CCCOc1cc(NCCOCCNC(=O)CN2CCN(CC(=O)O)CCN(CC(=O)O)CCN(CC(=O)O)CC2)cc(C(=O)O)c1. The number of carbonyl (C=O) groups is 5. The van der Waals surface area contributed by atoms with Gasteiger partial charge in [0, 0.05) is 83.7 Å². The highest BCUT2D eigenvalue weighted by molar-refractivity contribution is 5.89. The van der Waals surface area contributed by atoms with Crippen LogP contribution in [0.3, 0.4) is 0 Å². The Hall–Kier alpha value is -4.07. The van der Waals surface area contributed by atoms with Crippen molar-refractivity contribution >= 4 is 35.5 Å². The van der Waals surface area contributed by atoms with E-state index in [9.17, 15) is 44.4 Å². The summed E-state index contributed by atoms with van der Waals surface area (Å²) in [7, 11) is 2.02. The van der Waals surface area contributed by atoms with Gasteiger partial charge in [-0.2, -0.15) is 0 Å². The summed E-state index contributed by atoms with van der Waals surface area (Å²) in [4.78, 5) is 67.8. The molecule has 0 spiro atoms. The molecule has 1 aromatic carbocycles. The third-order valence-electron chi connectivity index (χ3n) is 8.16. The number of hydrogen-bond acceptors (Lipinski definition) is 13. The number of hydrogen-bond donors (Lipinski definition) is 6. The van der Waals surface area contributed by atoms with E-state index in [0.717, 1.165) is 19.5 Å². The average Bonchev–Trinajstić information content (AvgIpc) is 3.06. The van der Waals surface area contributed by atoms with Gasteiger partial charge < -0.3 is 45.4 Å². The molecule has 0 radical (unpaired) electrons. The van der Waals surface area contributed by atoms with E-state index < -0.39 is 23.9 Å². The number of rotatable bonds is 22. The zero-order chi connectivity index (χ0) is 37.6. The summed E-state index contributed by atoms with van der Waals surface area (Å²) < 4.78 is 11.4. The van der Waals surface area contributed by atoms with Gasteiger partial charge >= 0.3 is 23.9 Å². The van der Waals surface area contributed by atoms with E-state index >= 15 is 0 Å². The van der Waals surface area contributed by atoms with Gasteiger partial charge in [0.15, 0.2) is 0 Å². The fourth-order valence-corrected chi connectivity index (χ4v) is 5.27. The maximum absolute atomic E-state index is 12.8. The third kappa shape index (κ3) is 19.8. The summed E-state index contributed by atoms with van der Waals surface area (Å²) in [6.07, 6.45) is 0.806. The Morgan fingerprint density at radius 1 is 0.706 bits per heavy atom. The maximum Gasteiger partial charge on any atom is 0.335 e. The van der Waals surface area contributed by atoms with Crippen LogP contribution in [0.25, 0.3) is 0 Å². The molecule has 0 saturated carbocycles. The van der Waals surface area contributed by atoms with Crippen molar-refractivity contribution in [3.63, 3.8) is 0 Å². The zero-order valence-corrected chi connectivity index (χ0v) is 29.8. The molecule has 2 rings (SSSR count). The van der Waals surface area contributed by atoms with Gasteiger partial charge in [0.1, 0.15) is 5.75 Å². The second-order valence-electron chi connectivity index (χ2n) is 12.3. The summed E-state index contributed by atoms with van der Waals surface area (Å²) in [6.45, 7) is 7.24. The second-order valence-corrected chi connectivity index (χ2v) is 12.3. The first-order valence-electron chi connectivity index (χ1n) is 17.2. The number of aliphatic carboxylic acids is 3. The fraction of sp³-hybridized carbons (Fsp3) is 0.667. The van der Waals surface area contributed by atoms with Crippen LogP contribution in [0.2, 0.25) is 0 Å². The third-order valence-corrected chi connectivity index (χ3v) is 8.16. The van der Waals surface area contributed by atoms with Crippen LogP contribution in [0, 0.1) is 0 Å². The number of carboxylic acid groups (broad SMARTS) is 4. The normalized spacial score (nSPS) is 15.8. The lowest BCUT2D eigenvalue weighted by atomic mass is 10.2. The van der Waals surface area contributed by atoms with E-state index in [-0.39, 0.29) is 63.9 Å². The lowest BCUT2D eigenvalue weighted by Gasteiger charge is -2.32. The number of nitrogens with zero attached hydrogens (tertiary/aromatic N) is 5. The van der Waals surface area contributed by atoms with Gasteiger partial charge in [-0.05, 0) is 32.1 Å². The van der Waals surface area contributed by atoms with Crippen LogP contribution < -0.4 is 15.4 Å². The number of carbonyl (C=O) groups excluding carboxylic acids is 1. The van der Waals surface area contributed by atoms with Crippen molar-refractivity contribution in [1.82, 2.24) is 29.8 Å². The van der Waals surface area contributed by atoms with Crippen molar-refractivity contribution in [3.8, 4) is 5.75 Å². The van der Waals surface area contributed by atoms with E-state index in [0.29, 0.717) is 70.5 Å². The zero-order valence-electron chi connectivity index (χ0n) is 29.8.